The van der Waals surface area contributed by atoms with E-state index in [0.717, 1.165) is 5.57 Å². The lowest BCUT2D eigenvalue weighted by Crippen LogP contribution is -2.12. The highest BCUT2D eigenvalue weighted by atomic mass is 16.6. The van der Waals surface area contributed by atoms with Crippen molar-refractivity contribution >= 4 is 11.9 Å². The Morgan fingerprint density at radius 1 is 1.17 bits per heavy atom. The Morgan fingerprint density at radius 2 is 1.67 bits per heavy atom. The Balaban J connectivity index is 4.25. The number of hydrogen-bond donors (Lipinski definition) is 0. The molecule has 3 nitrogen and oxygen atoms in total. The molecule has 0 bridgehead atoms. The van der Waals surface area contributed by atoms with Gasteiger partial charge in [0.25, 0.3) is 0 Å². The smallest absolute Gasteiger partial charge is 0.341 e. The van der Waals surface area contributed by atoms with Gasteiger partial charge in [-0.1, -0.05) is 12.5 Å². The van der Waals surface area contributed by atoms with Crippen molar-refractivity contribution in [2.75, 3.05) is 0 Å². The lowest BCUT2D eigenvalue weighted by Gasteiger charge is -2.02. The molecule has 0 N–H and O–H groups in total. The minimum atomic E-state index is -0.540. The number of allylic oxidation sites excluding steroid dienone is 1. The standard InChI is InChI=1S/C9H14O3/c1-5-8(10)12-9(11)7(4)6(2)3/h5H2,1-4H3. The first-order valence-electron chi connectivity index (χ1n) is 3.88. The van der Waals surface area contributed by atoms with Crippen LogP contribution in [0.5, 0.6) is 0 Å². The molecule has 0 aromatic carbocycles. The molecule has 0 saturated carbocycles. The molecule has 68 valence electrons. The number of rotatable bonds is 2. The van der Waals surface area contributed by atoms with Gasteiger partial charge in [-0.2, -0.15) is 0 Å². The van der Waals surface area contributed by atoms with E-state index in [9.17, 15) is 9.59 Å². The van der Waals surface area contributed by atoms with Crippen LogP contribution in [0.4, 0.5) is 0 Å². The molecule has 0 aliphatic carbocycles. The van der Waals surface area contributed by atoms with Crippen LogP contribution in [0.3, 0.4) is 0 Å². The summed E-state index contributed by atoms with van der Waals surface area (Å²) in [6.07, 6.45) is 0.224. The molecule has 0 rings (SSSR count). The molecule has 0 saturated heterocycles. The van der Waals surface area contributed by atoms with Gasteiger partial charge in [-0.05, 0) is 20.8 Å². The summed E-state index contributed by atoms with van der Waals surface area (Å²) >= 11 is 0. The second kappa shape index (κ2) is 4.70. The van der Waals surface area contributed by atoms with Gasteiger partial charge < -0.3 is 4.74 Å². The third kappa shape index (κ3) is 3.32. The van der Waals surface area contributed by atoms with E-state index in [2.05, 4.69) is 4.74 Å². The normalized spacial score (nSPS) is 9.00. The van der Waals surface area contributed by atoms with E-state index < -0.39 is 11.9 Å². The van der Waals surface area contributed by atoms with Gasteiger partial charge in [-0.15, -0.1) is 0 Å². The summed E-state index contributed by atoms with van der Waals surface area (Å²) in [6.45, 7) is 6.88. The second-order valence-corrected chi connectivity index (χ2v) is 2.74. The largest absolute Gasteiger partial charge is 0.390 e. The minimum absolute atomic E-state index is 0.224. The molecule has 0 fully saturated rings. The van der Waals surface area contributed by atoms with Gasteiger partial charge in [0.05, 0.1) is 0 Å². The third-order valence-electron chi connectivity index (χ3n) is 1.55. The van der Waals surface area contributed by atoms with Crippen molar-refractivity contribution in [3.8, 4) is 0 Å². The Hall–Kier alpha value is -1.12. The van der Waals surface area contributed by atoms with Crippen molar-refractivity contribution in [2.24, 2.45) is 0 Å². The quantitative estimate of drug-likeness (QED) is 0.360. The Morgan fingerprint density at radius 3 is 2.00 bits per heavy atom. The summed E-state index contributed by atoms with van der Waals surface area (Å²) in [4.78, 5) is 21.7. The van der Waals surface area contributed by atoms with E-state index in [-0.39, 0.29) is 6.42 Å². The number of esters is 2. The molecular weight excluding hydrogens is 156 g/mol. The molecule has 0 radical (unpaired) electrons. The van der Waals surface area contributed by atoms with Crippen molar-refractivity contribution < 1.29 is 14.3 Å². The lowest BCUT2D eigenvalue weighted by molar-refractivity contribution is -0.156. The molecule has 0 aromatic rings. The first-order chi connectivity index (χ1) is 5.49. The predicted molar refractivity (Wildman–Crippen MR) is 45.4 cm³/mol. The highest BCUT2D eigenvalue weighted by Crippen LogP contribution is 2.04. The average molecular weight is 170 g/mol. The molecule has 0 spiro atoms. The fraction of sp³-hybridized carbons (Fsp3) is 0.556. The highest BCUT2D eigenvalue weighted by Gasteiger charge is 2.10. The van der Waals surface area contributed by atoms with Crippen LogP contribution in [0.2, 0.25) is 0 Å². The van der Waals surface area contributed by atoms with E-state index in [1.165, 1.54) is 0 Å². The summed E-state index contributed by atoms with van der Waals surface area (Å²) in [6, 6.07) is 0. The van der Waals surface area contributed by atoms with Crippen molar-refractivity contribution in [3.05, 3.63) is 11.1 Å². The Bertz CT molecular complexity index is 222. The lowest BCUT2D eigenvalue weighted by atomic mass is 10.2. The summed E-state index contributed by atoms with van der Waals surface area (Å²) in [5.74, 6) is -1.03. The average Bonchev–Trinajstić information content (AvgIpc) is 2.02. The van der Waals surface area contributed by atoms with E-state index in [1.54, 1.807) is 27.7 Å². The zero-order chi connectivity index (χ0) is 9.72. The van der Waals surface area contributed by atoms with Crippen molar-refractivity contribution in [2.45, 2.75) is 34.1 Å². The van der Waals surface area contributed by atoms with Crippen LogP contribution in [0.15, 0.2) is 11.1 Å². The summed E-state index contributed by atoms with van der Waals surface area (Å²) in [7, 11) is 0. The van der Waals surface area contributed by atoms with Crippen LogP contribution in [-0.2, 0) is 14.3 Å². The number of ether oxygens (including phenoxy) is 1. The molecule has 0 aromatic heterocycles. The first kappa shape index (κ1) is 10.9. The minimum Gasteiger partial charge on any atom is -0.390 e. The van der Waals surface area contributed by atoms with Crippen LogP contribution in [0, 0.1) is 0 Å². The van der Waals surface area contributed by atoms with Gasteiger partial charge in [0.2, 0.25) is 0 Å². The van der Waals surface area contributed by atoms with Crippen molar-refractivity contribution in [1.29, 1.82) is 0 Å². The predicted octanol–water partition coefficient (Wildman–Crippen LogP) is 1.82. The number of carbonyl (C=O) groups is 2. The second-order valence-electron chi connectivity index (χ2n) is 2.74. The zero-order valence-electron chi connectivity index (χ0n) is 7.93. The molecule has 3 heteroatoms. The van der Waals surface area contributed by atoms with Crippen LogP contribution in [0.25, 0.3) is 0 Å². The number of carbonyl (C=O) groups excluding carboxylic acids is 2. The van der Waals surface area contributed by atoms with Crippen LogP contribution < -0.4 is 0 Å². The van der Waals surface area contributed by atoms with E-state index in [1.807, 2.05) is 0 Å². The molecule has 0 aliphatic heterocycles. The Labute approximate surface area is 72.4 Å². The molecule has 0 unspecified atom stereocenters. The first-order valence-corrected chi connectivity index (χ1v) is 3.88. The van der Waals surface area contributed by atoms with Crippen molar-refractivity contribution in [3.63, 3.8) is 0 Å². The Kier molecular flexibility index (Phi) is 4.26. The van der Waals surface area contributed by atoms with Gasteiger partial charge in [0.15, 0.2) is 0 Å². The van der Waals surface area contributed by atoms with Gasteiger partial charge in [-0.3, -0.25) is 4.79 Å². The SMILES string of the molecule is CCC(=O)OC(=O)C(C)=C(C)C. The fourth-order valence-electron chi connectivity index (χ4n) is 0.456. The van der Waals surface area contributed by atoms with Crippen molar-refractivity contribution in [1.82, 2.24) is 0 Å². The fourth-order valence-corrected chi connectivity index (χ4v) is 0.456. The maximum atomic E-state index is 11.1. The highest BCUT2D eigenvalue weighted by molar-refractivity contribution is 5.96. The summed E-state index contributed by atoms with van der Waals surface area (Å²) in [5, 5.41) is 0. The van der Waals surface area contributed by atoms with Crippen LogP contribution in [0.1, 0.15) is 34.1 Å². The molecule has 12 heavy (non-hydrogen) atoms. The maximum absolute atomic E-state index is 11.1. The molecule has 0 aliphatic rings. The van der Waals surface area contributed by atoms with Crippen LogP contribution >= 0.6 is 0 Å². The van der Waals surface area contributed by atoms with Gasteiger partial charge in [0, 0.05) is 12.0 Å². The summed E-state index contributed by atoms with van der Waals surface area (Å²) < 4.78 is 4.49. The maximum Gasteiger partial charge on any atom is 0.341 e. The van der Waals surface area contributed by atoms with E-state index in [0.29, 0.717) is 5.57 Å². The van der Waals surface area contributed by atoms with Gasteiger partial charge in [0.1, 0.15) is 0 Å². The molecule has 0 heterocycles. The third-order valence-corrected chi connectivity index (χ3v) is 1.55. The van der Waals surface area contributed by atoms with E-state index in [4.69, 9.17) is 0 Å². The topological polar surface area (TPSA) is 43.4 Å². The monoisotopic (exact) mass is 170 g/mol. The number of hydrogen-bond acceptors (Lipinski definition) is 3. The van der Waals surface area contributed by atoms with Gasteiger partial charge >= 0.3 is 11.9 Å². The molecular formula is C9H14O3. The molecule has 0 atom stereocenters. The van der Waals surface area contributed by atoms with E-state index >= 15 is 0 Å². The van der Waals surface area contributed by atoms with Gasteiger partial charge in [-0.25, -0.2) is 4.79 Å². The van der Waals surface area contributed by atoms with Crippen LogP contribution in [-0.4, -0.2) is 11.9 Å². The molecule has 0 amide bonds. The summed E-state index contributed by atoms with van der Waals surface area (Å²) in [5.41, 5.74) is 1.36. The zero-order valence-corrected chi connectivity index (χ0v) is 7.93.